The number of alkyl halides is 3. The number of H-pyrrole nitrogens is 1. The predicted octanol–water partition coefficient (Wildman–Crippen LogP) is 3.61. The SMILES string of the molecule is Nc1nc(C#CCC2CCN(C(=O)Oc3cccc(C(F)(F)F)c3)CC2)nc2[nH]cnc12. The number of hydrogen-bond acceptors (Lipinski definition) is 6. The van der Waals surface area contributed by atoms with Gasteiger partial charge in [-0.05, 0) is 42.9 Å². The fourth-order valence-corrected chi connectivity index (χ4v) is 3.41. The fourth-order valence-electron chi connectivity index (χ4n) is 3.41. The van der Waals surface area contributed by atoms with Crippen LogP contribution in [-0.4, -0.2) is 44.0 Å². The Morgan fingerprint density at radius 2 is 2.06 bits per heavy atom. The summed E-state index contributed by atoms with van der Waals surface area (Å²) in [5.41, 5.74) is 6.00. The van der Waals surface area contributed by atoms with E-state index in [-0.39, 0.29) is 17.5 Å². The molecule has 0 spiro atoms. The van der Waals surface area contributed by atoms with E-state index in [1.54, 1.807) is 0 Å². The van der Waals surface area contributed by atoms with Crippen LogP contribution in [0.5, 0.6) is 5.75 Å². The number of fused-ring (bicyclic) bond motifs is 1. The number of hydrogen-bond donors (Lipinski definition) is 2. The highest BCUT2D eigenvalue weighted by Gasteiger charge is 2.31. The van der Waals surface area contributed by atoms with Gasteiger partial charge in [0.1, 0.15) is 11.3 Å². The molecule has 1 aliphatic rings. The van der Waals surface area contributed by atoms with Gasteiger partial charge < -0.3 is 20.4 Å². The van der Waals surface area contributed by atoms with E-state index < -0.39 is 17.8 Å². The molecule has 1 amide bonds. The number of ether oxygens (including phenoxy) is 1. The van der Waals surface area contributed by atoms with Crippen LogP contribution in [0.25, 0.3) is 11.2 Å². The molecule has 2 aromatic heterocycles. The summed E-state index contributed by atoms with van der Waals surface area (Å²) < 4.78 is 43.5. The van der Waals surface area contributed by atoms with E-state index in [1.807, 2.05) is 0 Å². The normalized spacial score (nSPS) is 14.8. The number of amides is 1. The first-order valence-corrected chi connectivity index (χ1v) is 9.89. The lowest BCUT2D eigenvalue weighted by molar-refractivity contribution is -0.137. The highest BCUT2D eigenvalue weighted by atomic mass is 19.4. The third kappa shape index (κ3) is 4.91. The second-order valence-corrected chi connectivity index (χ2v) is 7.36. The van der Waals surface area contributed by atoms with Gasteiger partial charge in [-0.15, -0.1) is 0 Å². The minimum absolute atomic E-state index is 0.133. The molecular weight excluding hydrogens is 425 g/mol. The molecule has 4 rings (SSSR count). The van der Waals surface area contributed by atoms with E-state index in [4.69, 9.17) is 10.5 Å². The summed E-state index contributed by atoms with van der Waals surface area (Å²) in [6, 6.07) is 4.27. The van der Waals surface area contributed by atoms with Crippen molar-refractivity contribution in [1.29, 1.82) is 0 Å². The van der Waals surface area contributed by atoms with E-state index in [0.29, 0.717) is 49.3 Å². The molecule has 1 fully saturated rings. The number of anilines is 1. The number of likely N-dealkylation sites (tertiary alicyclic amines) is 1. The molecule has 1 aromatic carbocycles. The van der Waals surface area contributed by atoms with Crippen molar-refractivity contribution >= 4 is 23.1 Å². The lowest BCUT2D eigenvalue weighted by Crippen LogP contribution is -2.40. The van der Waals surface area contributed by atoms with Gasteiger partial charge in [-0.25, -0.2) is 19.7 Å². The molecule has 0 bridgehead atoms. The molecule has 0 aliphatic carbocycles. The number of nitrogens with zero attached hydrogens (tertiary/aromatic N) is 4. The zero-order valence-corrected chi connectivity index (χ0v) is 16.8. The van der Waals surface area contributed by atoms with Gasteiger partial charge in [-0.3, -0.25) is 0 Å². The second kappa shape index (κ2) is 8.74. The molecule has 0 unspecified atom stereocenters. The average Bonchev–Trinajstić information content (AvgIpc) is 3.23. The average molecular weight is 444 g/mol. The standard InChI is InChI=1S/C21H19F3N6O2/c22-21(23,24)14-4-2-5-15(11-14)32-20(31)30-9-7-13(8-10-30)3-1-6-16-28-18(25)17-19(29-16)27-12-26-17/h2,4-5,11-13H,3,7-10H2,(H3,25,26,27,28,29). The van der Waals surface area contributed by atoms with Gasteiger partial charge >= 0.3 is 12.3 Å². The monoisotopic (exact) mass is 444 g/mol. The second-order valence-electron chi connectivity index (χ2n) is 7.36. The number of imidazole rings is 1. The van der Waals surface area contributed by atoms with Crippen molar-refractivity contribution < 1.29 is 22.7 Å². The zero-order valence-electron chi connectivity index (χ0n) is 16.8. The molecule has 11 heteroatoms. The first-order chi connectivity index (χ1) is 15.3. The van der Waals surface area contributed by atoms with E-state index in [1.165, 1.54) is 23.4 Å². The number of carbonyl (C=O) groups excluding carboxylic acids is 1. The van der Waals surface area contributed by atoms with Crippen LogP contribution in [0, 0.1) is 17.8 Å². The van der Waals surface area contributed by atoms with Crippen molar-refractivity contribution in [2.75, 3.05) is 18.8 Å². The number of aromatic nitrogens is 4. The molecule has 1 saturated heterocycles. The number of nitrogens with one attached hydrogen (secondary N) is 1. The third-order valence-electron chi connectivity index (χ3n) is 5.14. The van der Waals surface area contributed by atoms with Gasteiger partial charge in [-0.1, -0.05) is 12.0 Å². The van der Waals surface area contributed by atoms with Gasteiger partial charge in [0, 0.05) is 19.5 Å². The Hall–Kier alpha value is -3.81. The van der Waals surface area contributed by atoms with Crippen LogP contribution in [0.3, 0.4) is 0 Å². The first kappa shape index (κ1) is 21.4. The van der Waals surface area contributed by atoms with Crippen molar-refractivity contribution in [1.82, 2.24) is 24.8 Å². The number of halogens is 3. The smallest absolute Gasteiger partial charge is 0.410 e. The zero-order chi connectivity index (χ0) is 22.7. The molecular formula is C21H19F3N6O2. The van der Waals surface area contributed by atoms with Crippen LogP contribution < -0.4 is 10.5 Å². The summed E-state index contributed by atoms with van der Waals surface area (Å²) in [5, 5.41) is 0. The summed E-state index contributed by atoms with van der Waals surface area (Å²) in [6.07, 6.45) is -1.67. The van der Waals surface area contributed by atoms with Crippen molar-refractivity contribution in [2.24, 2.45) is 5.92 Å². The molecule has 3 aromatic rings. The number of benzene rings is 1. The van der Waals surface area contributed by atoms with Crippen LogP contribution in [0.1, 0.15) is 30.7 Å². The summed E-state index contributed by atoms with van der Waals surface area (Å²) in [6.45, 7) is 0.876. The van der Waals surface area contributed by atoms with Gasteiger partial charge in [0.25, 0.3) is 0 Å². The number of carbonyl (C=O) groups is 1. The van der Waals surface area contributed by atoms with Gasteiger partial charge in [0.2, 0.25) is 5.82 Å². The Kier molecular flexibility index (Phi) is 5.85. The third-order valence-corrected chi connectivity index (χ3v) is 5.14. The summed E-state index contributed by atoms with van der Waals surface area (Å²) in [5.74, 6) is 6.66. The lowest BCUT2D eigenvalue weighted by atomic mass is 9.94. The highest BCUT2D eigenvalue weighted by molar-refractivity contribution is 5.81. The van der Waals surface area contributed by atoms with Crippen molar-refractivity contribution in [3.8, 4) is 17.6 Å². The molecule has 0 atom stereocenters. The van der Waals surface area contributed by atoms with Crippen molar-refractivity contribution in [3.63, 3.8) is 0 Å². The van der Waals surface area contributed by atoms with Crippen LogP contribution in [0.4, 0.5) is 23.8 Å². The largest absolute Gasteiger partial charge is 0.416 e. The first-order valence-electron chi connectivity index (χ1n) is 9.89. The van der Waals surface area contributed by atoms with Crippen molar-refractivity contribution in [3.05, 3.63) is 42.0 Å². The van der Waals surface area contributed by atoms with Crippen molar-refractivity contribution in [2.45, 2.75) is 25.4 Å². The number of nitrogen functional groups attached to an aromatic ring is 1. The van der Waals surface area contributed by atoms with E-state index >= 15 is 0 Å². The molecule has 32 heavy (non-hydrogen) atoms. The summed E-state index contributed by atoms with van der Waals surface area (Å²) >= 11 is 0. The lowest BCUT2D eigenvalue weighted by Gasteiger charge is -2.30. The number of piperidine rings is 1. The topological polar surface area (TPSA) is 110 Å². The molecule has 8 nitrogen and oxygen atoms in total. The van der Waals surface area contributed by atoms with Gasteiger partial charge in [0.05, 0.1) is 11.9 Å². The maximum Gasteiger partial charge on any atom is 0.416 e. The molecule has 3 N–H and O–H groups in total. The number of aromatic amines is 1. The maximum atomic E-state index is 12.8. The minimum Gasteiger partial charge on any atom is -0.410 e. The Morgan fingerprint density at radius 3 is 2.81 bits per heavy atom. The van der Waals surface area contributed by atoms with E-state index in [2.05, 4.69) is 31.8 Å². The maximum absolute atomic E-state index is 12.8. The van der Waals surface area contributed by atoms with Crippen LogP contribution in [-0.2, 0) is 6.18 Å². The van der Waals surface area contributed by atoms with Gasteiger partial charge in [0.15, 0.2) is 11.5 Å². The van der Waals surface area contributed by atoms with Crippen LogP contribution in [0.15, 0.2) is 30.6 Å². The quantitative estimate of drug-likeness (QED) is 0.585. The molecule has 0 saturated carbocycles. The number of rotatable bonds is 2. The Balaban J connectivity index is 1.29. The van der Waals surface area contributed by atoms with Crippen LogP contribution in [0.2, 0.25) is 0 Å². The highest BCUT2D eigenvalue weighted by Crippen LogP contribution is 2.31. The van der Waals surface area contributed by atoms with E-state index in [0.717, 1.165) is 12.1 Å². The summed E-state index contributed by atoms with van der Waals surface area (Å²) in [4.78, 5) is 29.1. The predicted molar refractivity (Wildman–Crippen MR) is 109 cm³/mol. The minimum atomic E-state index is -4.50. The Labute approximate surface area is 181 Å². The van der Waals surface area contributed by atoms with Crippen LogP contribution >= 0.6 is 0 Å². The van der Waals surface area contributed by atoms with Gasteiger partial charge in [-0.2, -0.15) is 13.2 Å². The number of nitrogens with two attached hydrogens (primary N) is 1. The fraction of sp³-hybridized carbons (Fsp3) is 0.333. The van der Waals surface area contributed by atoms with E-state index in [9.17, 15) is 18.0 Å². The Morgan fingerprint density at radius 1 is 1.28 bits per heavy atom. The summed E-state index contributed by atoms with van der Waals surface area (Å²) in [7, 11) is 0. The molecule has 166 valence electrons. The molecule has 3 heterocycles. The molecule has 1 aliphatic heterocycles. The molecule has 0 radical (unpaired) electrons. The Bertz CT molecular complexity index is 1190.